The molecule has 228 valence electrons. The number of phenols is 1. The first-order chi connectivity index (χ1) is 20.2. The molecular weight excluding hydrogens is 550 g/mol. The van der Waals surface area contributed by atoms with E-state index in [0.29, 0.717) is 24.2 Å². The number of benzene rings is 2. The molecule has 0 spiro atoms. The zero-order chi connectivity index (χ0) is 30.2. The van der Waals surface area contributed by atoms with Crippen LogP contribution >= 0.6 is 0 Å². The third-order valence-electron chi connectivity index (χ3n) is 7.59. The van der Waals surface area contributed by atoms with Crippen molar-refractivity contribution in [3.63, 3.8) is 0 Å². The number of carboxylic acids is 2. The van der Waals surface area contributed by atoms with Crippen LogP contribution in [0, 0.1) is 5.92 Å². The Labute approximate surface area is 243 Å². The molecule has 13 heteroatoms. The van der Waals surface area contributed by atoms with Gasteiger partial charge in [-0.15, -0.1) is 0 Å². The number of amides is 1. The molecule has 1 amide bonds. The smallest absolute Gasteiger partial charge is 0.414 e. The van der Waals surface area contributed by atoms with Crippen molar-refractivity contribution in [1.29, 1.82) is 0 Å². The van der Waals surface area contributed by atoms with Gasteiger partial charge in [-0.1, -0.05) is 6.07 Å². The SMILES string of the molecule is COc1cc(CN2CCC(C(=O)N3CCN(Cc4ccc5c(c4)OCO5)CC3)CC2)cc(OC)c1O.O=C(O)C(=O)O. The summed E-state index contributed by atoms with van der Waals surface area (Å²) in [6.07, 6.45) is 1.73. The van der Waals surface area contributed by atoms with Gasteiger partial charge >= 0.3 is 11.9 Å². The molecule has 2 saturated heterocycles. The Balaban J connectivity index is 0.000000612. The number of rotatable bonds is 7. The maximum Gasteiger partial charge on any atom is 0.414 e. The highest BCUT2D eigenvalue weighted by atomic mass is 16.7. The van der Waals surface area contributed by atoms with E-state index in [2.05, 4.69) is 21.9 Å². The zero-order valence-corrected chi connectivity index (χ0v) is 23.8. The van der Waals surface area contributed by atoms with Crippen LogP contribution < -0.4 is 18.9 Å². The van der Waals surface area contributed by atoms with Crippen molar-refractivity contribution in [2.75, 3.05) is 60.3 Å². The number of methoxy groups -OCH3 is 2. The van der Waals surface area contributed by atoms with Crippen LogP contribution in [0.15, 0.2) is 30.3 Å². The van der Waals surface area contributed by atoms with E-state index in [1.807, 2.05) is 23.1 Å². The normalized spacial score (nSPS) is 17.2. The second-order valence-electron chi connectivity index (χ2n) is 10.3. The van der Waals surface area contributed by atoms with Gasteiger partial charge in [0, 0.05) is 45.2 Å². The van der Waals surface area contributed by atoms with Crippen LogP contribution in [0.2, 0.25) is 0 Å². The maximum absolute atomic E-state index is 13.2. The Morgan fingerprint density at radius 3 is 1.90 bits per heavy atom. The van der Waals surface area contributed by atoms with E-state index in [1.54, 1.807) is 0 Å². The van der Waals surface area contributed by atoms with Crippen LogP contribution in [0.1, 0.15) is 24.0 Å². The van der Waals surface area contributed by atoms with Gasteiger partial charge < -0.3 is 39.2 Å². The molecule has 0 saturated carbocycles. The Morgan fingerprint density at radius 1 is 0.786 bits per heavy atom. The average molecular weight is 588 g/mol. The quantitative estimate of drug-likeness (QED) is 0.404. The Bertz CT molecular complexity index is 1230. The second-order valence-corrected chi connectivity index (χ2v) is 10.3. The van der Waals surface area contributed by atoms with Gasteiger partial charge in [0.05, 0.1) is 14.2 Å². The summed E-state index contributed by atoms with van der Waals surface area (Å²) in [5.41, 5.74) is 2.22. The number of carbonyl (C=O) groups excluding carboxylic acids is 1. The molecule has 5 rings (SSSR count). The molecule has 0 aromatic heterocycles. The minimum absolute atomic E-state index is 0.0176. The lowest BCUT2D eigenvalue weighted by Crippen LogP contribution is -2.51. The van der Waals surface area contributed by atoms with E-state index in [-0.39, 0.29) is 11.7 Å². The van der Waals surface area contributed by atoms with E-state index in [9.17, 15) is 9.90 Å². The number of hydrogen-bond acceptors (Lipinski definition) is 10. The number of nitrogens with zero attached hydrogens (tertiary/aromatic N) is 3. The highest BCUT2D eigenvalue weighted by molar-refractivity contribution is 6.27. The van der Waals surface area contributed by atoms with Crippen LogP contribution in [-0.2, 0) is 27.5 Å². The highest BCUT2D eigenvalue weighted by Gasteiger charge is 2.31. The number of piperidine rings is 1. The predicted octanol–water partition coefficient (Wildman–Crippen LogP) is 1.85. The number of phenolic OH excluding ortho intramolecular Hbond substituents is 1. The van der Waals surface area contributed by atoms with Crippen molar-refractivity contribution in [3.8, 4) is 28.7 Å². The fourth-order valence-corrected chi connectivity index (χ4v) is 5.32. The Morgan fingerprint density at radius 2 is 1.33 bits per heavy atom. The lowest BCUT2D eigenvalue weighted by Gasteiger charge is -2.38. The summed E-state index contributed by atoms with van der Waals surface area (Å²) < 4.78 is 21.4. The van der Waals surface area contributed by atoms with Gasteiger partial charge in [-0.25, -0.2) is 9.59 Å². The minimum Gasteiger partial charge on any atom is -0.502 e. The number of ether oxygens (including phenoxy) is 4. The van der Waals surface area contributed by atoms with Gasteiger partial charge in [0.15, 0.2) is 23.0 Å². The Kier molecular flexibility index (Phi) is 10.3. The maximum atomic E-state index is 13.2. The van der Waals surface area contributed by atoms with Crippen molar-refractivity contribution in [3.05, 3.63) is 41.5 Å². The van der Waals surface area contributed by atoms with Crippen molar-refractivity contribution in [2.24, 2.45) is 5.92 Å². The Hall–Kier alpha value is -4.23. The molecule has 0 unspecified atom stereocenters. The van der Waals surface area contributed by atoms with E-state index >= 15 is 0 Å². The summed E-state index contributed by atoms with van der Waals surface area (Å²) in [4.78, 5) is 38.2. The largest absolute Gasteiger partial charge is 0.502 e. The summed E-state index contributed by atoms with van der Waals surface area (Å²) in [5, 5.41) is 24.9. The number of piperazine rings is 1. The van der Waals surface area contributed by atoms with Crippen LogP contribution in [0.5, 0.6) is 28.7 Å². The molecule has 3 N–H and O–H groups in total. The van der Waals surface area contributed by atoms with E-state index < -0.39 is 11.9 Å². The molecule has 0 radical (unpaired) electrons. The molecule has 42 heavy (non-hydrogen) atoms. The fourth-order valence-electron chi connectivity index (χ4n) is 5.32. The number of carboxylic acid groups (broad SMARTS) is 2. The third kappa shape index (κ3) is 7.74. The number of likely N-dealkylation sites (tertiary alicyclic amines) is 1. The summed E-state index contributed by atoms with van der Waals surface area (Å²) in [7, 11) is 3.07. The molecule has 3 aliphatic rings. The molecule has 2 aromatic carbocycles. The van der Waals surface area contributed by atoms with Crippen LogP contribution in [0.4, 0.5) is 0 Å². The summed E-state index contributed by atoms with van der Waals surface area (Å²) in [5.74, 6) is -0.803. The van der Waals surface area contributed by atoms with Crippen LogP contribution in [0.25, 0.3) is 0 Å². The number of aromatic hydroxyl groups is 1. The van der Waals surface area contributed by atoms with E-state index in [1.165, 1.54) is 19.8 Å². The van der Waals surface area contributed by atoms with Crippen molar-refractivity contribution in [1.82, 2.24) is 14.7 Å². The van der Waals surface area contributed by atoms with Gasteiger partial charge in [0.1, 0.15) is 0 Å². The van der Waals surface area contributed by atoms with Gasteiger partial charge in [-0.3, -0.25) is 14.6 Å². The van der Waals surface area contributed by atoms with E-state index in [0.717, 1.165) is 82.3 Å². The number of aliphatic carboxylic acids is 2. The van der Waals surface area contributed by atoms with Crippen molar-refractivity contribution in [2.45, 2.75) is 25.9 Å². The number of carbonyl (C=O) groups is 3. The molecule has 13 nitrogen and oxygen atoms in total. The monoisotopic (exact) mass is 587 g/mol. The molecule has 2 fully saturated rings. The third-order valence-corrected chi connectivity index (χ3v) is 7.59. The zero-order valence-electron chi connectivity index (χ0n) is 23.8. The van der Waals surface area contributed by atoms with Crippen molar-refractivity contribution < 1.29 is 48.7 Å². The topological polar surface area (TPSA) is 159 Å². The number of fused-ring (bicyclic) bond motifs is 1. The summed E-state index contributed by atoms with van der Waals surface area (Å²) >= 11 is 0. The van der Waals surface area contributed by atoms with Gasteiger partial charge in [0.2, 0.25) is 18.4 Å². The molecule has 0 bridgehead atoms. The molecule has 3 aliphatic heterocycles. The molecule has 0 aliphatic carbocycles. The van der Waals surface area contributed by atoms with Gasteiger partial charge in [-0.2, -0.15) is 0 Å². The molecular formula is C29H37N3O10. The summed E-state index contributed by atoms with van der Waals surface area (Å²) in [6.45, 7) is 6.91. The van der Waals surface area contributed by atoms with Gasteiger partial charge in [0.25, 0.3) is 0 Å². The first-order valence-corrected chi connectivity index (χ1v) is 13.7. The highest BCUT2D eigenvalue weighted by Crippen LogP contribution is 2.38. The summed E-state index contributed by atoms with van der Waals surface area (Å²) in [6, 6.07) is 9.80. The van der Waals surface area contributed by atoms with Crippen LogP contribution in [0.3, 0.4) is 0 Å². The number of hydrogen-bond donors (Lipinski definition) is 3. The van der Waals surface area contributed by atoms with E-state index in [4.69, 9.17) is 38.7 Å². The molecule has 2 aromatic rings. The van der Waals surface area contributed by atoms with Crippen molar-refractivity contribution >= 4 is 17.8 Å². The van der Waals surface area contributed by atoms with Gasteiger partial charge in [-0.05, 0) is 61.3 Å². The first kappa shape index (κ1) is 30.7. The second kappa shape index (κ2) is 14.1. The first-order valence-electron chi connectivity index (χ1n) is 13.7. The molecule has 3 heterocycles. The van der Waals surface area contributed by atoms with Crippen LogP contribution in [-0.4, -0.2) is 108 Å². The lowest BCUT2D eigenvalue weighted by molar-refractivity contribution is -0.159. The minimum atomic E-state index is -1.82. The molecule has 0 atom stereocenters. The fraction of sp³-hybridized carbons (Fsp3) is 0.483. The average Bonchev–Trinajstić information content (AvgIpc) is 3.47. The lowest BCUT2D eigenvalue weighted by atomic mass is 9.94. The standard InChI is InChI=1S/C27H35N3O6.C2H2O4/c1-33-24-14-20(15-25(34-2)26(24)31)17-28-7-5-21(6-8-28)27(32)30-11-9-29(10-12-30)16-19-3-4-22-23(13-19)36-18-35-22;3-1(4)2(5)6/h3-4,13-15,21,31H,5-12,16-18H2,1-2H3;(H,3,4)(H,5,6). The predicted molar refractivity (Wildman–Crippen MR) is 149 cm³/mol.